The van der Waals surface area contributed by atoms with Gasteiger partial charge < -0.3 is 5.73 Å². The maximum absolute atomic E-state index is 4.50. The zero-order valence-electron chi connectivity index (χ0n) is 7.71. The first kappa shape index (κ1) is 12.5. The first-order valence-corrected chi connectivity index (χ1v) is 3.84. The summed E-state index contributed by atoms with van der Waals surface area (Å²) in [5, 5.41) is 13.4. The lowest BCUT2D eigenvalue weighted by Gasteiger charge is -1.90. The van der Waals surface area contributed by atoms with Crippen LogP contribution in [0, 0.1) is 0 Å². The Hall–Kier alpha value is -1.46. The van der Waals surface area contributed by atoms with Gasteiger partial charge in [0.15, 0.2) is 5.82 Å². The molecular formula is C8H12ClN5. The quantitative estimate of drug-likeness (QED) is 0.737. The van der Waals surface area contributed by atoms with Crippen molar-refractivity contribution in [3.8, 4) is 11.4 Å². The van der Waals surface area contributed by atoms with Crippen LogP contribution in [0.15, 0.2) is 30.3 Å². The van der Waals surface area contributed by atoms with Crippen LogP contribution in [0.3, 0.4) is 0 Å². The number of aromatic amines is 1. The second-order valence-electron chi connectivity index (χ2n) is 2.12. The normalized spacial score (nSPS) is 8.14. The molecule has 76 valence electrons. The van der Waals surface area contributed by atoms with Crippen LogP contribution in [0.5, 0.6) is 0 Å². The number of nitrogens with two attached hydrogens (primary N) is 1. The van der Waals surface area contributed by atoms with Gasteiger partial charge >= 0.3 is 0 Å². The summed E-state index contributed by atoms with van der Waals surface area (Å²) in [6, 6.07) is 9.73. The number of rotatable bonds is 1. The number of nitrogens with one attached hydrogen (secondary N) is 1. The maximum Gasteiger partial charge on any atom is 0.179 e. The van der Waals surface area contributed by atoms with Crippen molar-refractivity contribution in [1.82, 2.24) is 20.6 Å². The van der Waals surface area contributed by atoms with Crippen molar-refractivity contribution in [2.24, 2.45) is 5.73 Å². The molecule has 0 fully saturated rings. The van der Waals surface area contributed by atoms with Gasteiger partial charge in [0.1, 0.15) is 0 Å². The molecule has 1 heterocycles. The Morgan fingerprint density at radius 2 is 1.79 bits per heavy atom. The summed E-state index contributed by atoms with van der Waals surface area (Å²) in [5.74, 6) is 0.700. The Morgan fingerprint density at radius 3 is 2.29 bits per heavy atom. The molecule has 0 spiro atoms. The van der Waals surface area contributed by atoms with Gasteiger partial charge in [-0.3, -0.25) is 0 Å². The van der Waals surface area contributed by atoms with Crippen LogP contribution >= 0.6 is 12.4 Å². The maximum atomic E-state index is 4.50. The van der Waals surface area contributed by atoms with E-state index in [1.807, 2.05) is 30.3 Å². The SMILES string of the molecule is CN.Cl.c1ccc(-c2nnn[nH]2)cc1. The minimum absolute atomic E-state index is 0. The zero-order chi connectivity index (χ0) is 9.52. The predicted octanol–water partition coefficient (Wildman–Crippen LogP) is 0.863. The van der Waals surface area contributed by atoms with Crippen molar-refractivity contribution >= 4 is 12.4 Å². The van der Waals surface area contributed by atoms with Crippen molar-refractivity contribution in [2.75, 3.05) is 7.05 Å². The summed E-state index contributed by atoms with van der Waals surface area (Å²) in [7, 11) is 1.50. The Labute approximate surface area is 88.1 Å². The molecule has 0 aliphatic carbocycles. The van der Waals surface area contributed by atoms with Crippen LogP contribution in [-0.2, 0) is 0 Å². The molecule has 0 bridgehead atoms. The van der Waals surface area contributed by atoms with Crippen molar-refractivity contribution in [3.05, 3.63) is 30.3 Å². The zero-order valence-corrected chi connectivity index (χ0v) is 8.53. The molecule has 0 saturated carbocycles. The number of halogens is 1. The molecule has 2 aromatic rings. The Bertz CT molecular complexity index is 321. The van der Waals surface area contributed by atoms with Gasteiger partial charge in [-0.2, -0.15) is 0 Å². The summed E-state index contributed by atoms with van der Waals surface area (Å²) in [5.41, 5.74) is 5.50. The van der Waals surface area contributed by atoms with Crippen LogP contribution in [0.25, 0.3) is 11.4 Å². The molecule has 1 aromatic heterocycles. The fourth-order valence-corrected chi connectivity index (χ4v) is 0.877. The Balaban J connectivity index is 0.000000531. The highest BCUT2D eigenvalue weighted by atomic mass is 35.5. The first-order valence-electron chi connectivity index (χ1n) is 3.84. The van der Waals surface area contributed by atoms with Gasteiger partial charge in [-0.15, -0.1) is 17.5 Å². The molecule has 5 nitrogen and oxygen atoms in total. The number of hydrogen-bond acceptors (Lipinski definition) is 4. The molecule has 3 N–H and O–H groups in total. The molecule has 1 aromatic carbocycles. The smallest absolute Gasteiger partial charge is 0.179 e. The third kappa shape index (κ3) is 3.12. The van der Waals surface area contributed by atoms with Gasteiger partial charge in [0.05, 0.1) is 0 Å². The van der Waals surface area contributed by atoms with E-state index in [0.717, 1.165) is 5.56 Å². The number of tetrazole rings is 1. The van der Waals surface area contributed by atoms with Gasteiger partial charge in [-0.05, 0) is 17.5 Å². The minimum atomic E-state index is 0. The molecule has 0 aliphatic heterocycles. The summed E-state index contributed by atoms with van der Waals surface area (Å²) in [6.07, 6.45) is 0. The summed E-state index contributed by atoms with van der Waals surface area (Å²) < 4.78 is 0. The average Bonchev–Trinajstić information content (AvgIpc) is 2.75. The molecule has 0 unspecified atom stereocenters. The van der Waals surface area contributed by atoms with Crippen molar-refractivity contribution in [2.45, 2.75) is 0 Å². The van der Waals surface area contributed by atoms with E-state index in [0.29, 0.717) is 5.82 Å². The minimum Gasteiger partial charge on any atom is -0.333 e. The molecule has 6 heteroatoms. The van der Waals surface area contributed by atoms with E-state index < -0.39 is 0 Å². The summed E-state index contributed by atoms with van der Waals surface area (Å²) >= 11 is 0. The Kier molecular flexibility index (Phi) is 6.26. The number of aromatic nitrogens is 4. The highest BCUT2D eigenvalue weighted by Crippen LogP contribution is 2.10. The summed E-state index contributed by atoms with van der Waals surface area (Å²) in [6.45, 7) is 0. The van der Waals surface area contributed by atoms with Crippen molar-refractivity contribution in [1.29, 1.82) is 0 Å². The second-order valence-corrected chi connectivity index (χ2v) is 2.12. The largest absolute Gasteiger partial charge is 0.333 e. The van der Waals surface area contributed by atoms with Crippen molar-refractivity contribution < 1.29 is 0 Å². The molecule has 0 aliphatic rings. The first-order chi connectivity index (χ1) is 6.47. The van der Waals surface area contributed by atoms with Crippen LogP contribution in [-0.4, -0.2) is 27.7 Å². The van der Waals surface area contributed by atoms with Crippen LogP contribution in [0.4, 0.5) is 0 Å². The lowest BCUT2D eigenvalue weighted by molar-refractivity contribution is 0.881. The number of hydrogen-bond donors (Lipinski definition) is 2. The summed E-state index contributed by atoms with van der Waals surface area (Å²) in [4.78, 5) is 0. The topological polar surface area (TPSA) is 80.5 Å². The molecule has 0 atom stereocenters. The predicted molar refractivity (Wildman–Crippen MR) is 57.0 cm³/mol. The van der Waals surface area contributed by atoms with E-state index in [1.54, 1.807) is 0 Å². The van der Waals surface area contributed by atoms with Crippen molar-refractivity contribution in [3.63, 3.8) is 0 Å². The van der Waals surface area contributed by atoms with Gasteiger partial charge in [0.25, 0.3) is 0 Å². The van der Waals surface area contributed by atoms with Gasteiger partial charge in [0, 0.05) is 5.56 Å². The number of nitrogens with zero attached hydrogens (tertiary/aromatic N) is 3. The molecule has 0 radical (unpaired) electrons. The van der Waals surface area contributed by atoms with E-state index in [4.69, 9.17) is 0 Å². The molecular weight excluding hydrogens is 202 g/mol. The lowest BCUT2D eigenvalue weighted by Crippen LogP contribution is -1.78. The molecule has 0 amide bonds. The standard InChI is InChI=1S/C7H6N4.CH5N.ClH/c1-2-4-6(5-3-1)7-8-10-11-9-7;1-2;/h1-5H,(H,8,9,10,11);2H2,1H3;1H. The average molecular weight is 214 g/mol. The van der Waals surface area contributed by atoms with Crippen LogP contribution < -0.4 is 5.73 Å². The molecule has 0 saturated heterocycles. The van der Waals surface area contributed by atoms with E-state index in [2.05, 4.69) is 26.4 Å². The fraction of sp³-hybridized carbons (Fsp3) is 0.125. The Morgan fingerprint density at radius 1 is 1.14 bits per heavy atom. The third-order valence-electron chi connectivity index (χ3n) is 1.39. The van der Waals surface area contributed by atoms with Gasteiger partial charge in [-0.1, -0.05) is 30.3 Å². The highest BCUT2D eigenvalue weighted by molar-refractivity contribution is 5.85. The monoisotopic (exact) mass is 213 g/mol. The van der Waals surface area contributed by atoms with E-state index >= 15 is 0 Å². The van der Waals surface area contributed by atoms with Crippen LogP contribution in [0.2, 0.25) is 0 Å². The van der Waals surface area contributed by atoms with Gasteiger partial charge in [0.2, 0.25) is 0 Å². The molecule has 14 heavy (non-hydrogen) atoms. The third-order valence-corrected chi connectivity index (χ3v) is 1.39. The van der Waals surface area contributed by atoms with Gasteiger partial charge in [-0.25, -0.2) is 5.10 Å². The molecule has 2 rings (SSSR count). The highest BCUT2D eigenvalue weighted by Gasteiger charge is 1.97. The second kappa shape index (κ2) is 6.99. The van der Waals surface area contributed by atoms with E-state index in [9.17, 15) is 0 Å². The van der Waals surface area contributed by atoms with E-state index in [-0.39, 0.29) is 12.4 Å². The van der Waals surface area contributed by atoms with Crippen LogP contribution in [0.1, 0.15) is 0 Å². The number of benzene rings is 1. The fourth-order valence-electron chi connectivity index (χ4n) is 0.877. The lowest BCUT2D eigenvalue weighted by atomic mass is 10.2. The van der Waals surface area contributed by atoms with E-state index in [1.165, 1.54) is 7.05 Å². The number of H-pyrrole nitrogens is 1.